The molecular weight excluding hydrogens is 408 g/mol. The predicted octanol–water partition coefficient (Wildman–Crippen LogP) is 3.67. The summed E-state index contributed by atoms with van der Waals surface area (Å²) >= 11 is 2.92. The Bertz CT molecular complexity index is 1100. The first-order valence-corrected chi connectivity index (χ1v) is 11.0. The van der Waals surface area contributed by atoms with E-state index in [0.717, 1.165) is 23.1 Å². The lowest BCUT2D eigenvalue weighted by atomic mass is 9.97. The molecule has 1 amide bonds. The lowest BCUT2D eigenvalue weighted by molar-refractivity contribution is -0.113. The van der Waals surface area contributed by atoms with E-state index in [1.165, 1.54) is 42.2 Å². The largest absolute Gasteiger partial charge is 0.465 e. The fourth-order valence-corrected chi connectivity index (χ4v) is 5.38. The van der Waals surface area contributed by atoms with Crippen LogP contribution in [0.25, 0.3) is 10.2 Å². The molecule has 2 heterocycles. The van der Waals surface area contributed by atoms with Crippen LogP contribution in [0.1, 0.15) is 33.6 Å². The summed E-state index contributed by atoms with van der Waals surface area (Å²) in [4.78, 5) is 35.2. The number of aromatic nitrogens is 2. The summed E-state index contributed by atoms with van der Waals surface area (Å²) in [6.45, 7) is 0. The van der Waals surface area contributed by atoms with Crippen LogP contribution in [-0.2, 0) is 22.4 Å². The van der Waals surface area contributed by atoms with Crippen molar-refractivity contribution in [2.75, 3.05) is 23.9 Å². The minimum Gasteiger partial charge on any atom is -0.465 e. The number of fused-ring (bicyclic) bond motifs is 3. The second kappa shape index (κ2) is 8.38. The maximum Gasteiger partial charge on any atom is 0.337 e. The highest BCUT2D eigenvalue weighted by Crippen LogP contribution is 2.38. The number of nitrogens with one attached hydrogen (secondary N) is 1. The molecule has 150 valence electrons. The van der Waals surface area contributed by atoms with Gasteiger partial charge in [0.2, 0.25) is 5.91 Å². The molecule has 1 aromatic carbocycles. The number of nitrogens with zero attached hydrogens (tertiary/aromatic N) is 2. The van der Waals surface area contributed by atoms with Crippen LogP contribution < -0.4 is 11.1 Å². The lowest BCUT2D eigenvalue weighted by Gasteiger charge is -2.10. The Hall–Kier alpha value is -2.65. The number of hydrogen-bond acceptors (Lipinski definition) is 8. The molecule has 1 aliphatic carbocycles. The van der Waals surface area contributed by atoms with Crippen LogP contribution in [0.4, 0.5) is 11.5 Å². The zero-order valence-electron chi connectivity index (χ0n) is 15.9. The Morgan fingerprint density at radius 2 is 2.10 bits per heavy atom. The Morgan fingerprint density at radius 3 is 2.93 bits per heavy atom. The summed E-state index contributed by atoms with van der Waals surface area (Å²) in [7, 11) is 1.32. The normalized spacial score (nSPS) is 13.1. The highest BCUT2D eigenvalue weighted by atomic mass is 32.2. The Balaban J connectivity index is 1.44. The summed E-state index contributed by atoms with van der Waals surface area (Å²) in [5, 5.41) is 4.25. The smallest absolute Gasteiger partial charge is 0.337 e. The number of amides is 1. The van der Waals surface area contributed by atoms with Crippen LogP contribution in [0.2, 0.25) is 0 Å². The number of ether oxygens (including phenoxy) is 1. The minimum absolute atomic E-state index is 0.137. The van der Waals surface area contributed by atoms with E-state index in [9.17, 15) is 9.59 Å². The zero-order chi connectivity index (χ0) is 20.4. The standard InChI is InChI=1S/C20H20N4O3S2/c1-27-19(26)11-5-4-6-12(9-11)22-15(25)10-28-20-23-17(21)16-13-7-2-3-8-14(13)29-18(16)24-20/h4-6,9H,2-3,7-8,10H2,1H3,(H,22,25)(H2,21,23,24). The molecule has 0 fully saturated rings. The Kier molecular flexibility index (Phi) is 5.68. The van der Waals surface area contributed by atoms with E-state index in [1.807, 2.05) is 0 Å². The van der Waals surface area contributed by atoms with Gasteiger partial charge in [-0.05, 0) is 49.4 Å². The molecule has 0 saturated heterocycles. The zero-order valence-corrected chi connectivity index (χ0v) is 17.5. The molecule has 0 radical (unpaired) electrons. The molecule has 1 aliphatic rings. The molecule has 2 aromatic heterocycles. The van der Waals surface area contributed by atoms with Crippen LogP contribution in [0.5, 0.6) is 0 Å². The second-order valence-corrected chi connectivity index (χ2v) is 8.72. The van der Waals surface area contributed by atoms with Gasteiger partial charge in [-0.2, -0.15) is 0 Å². The third kappa shape index (κ3) is 4.20. The van der Waals surface area contributed by atoms with E-state index in [4.69, 9.17) is 10.5 Å². The SMILES string of the molecule is COC(=O)c1cccc(NC(=O)CSc2nc(N)c3c4c(sc3n2)CCCC4)c1. The van der Waals surface area contributed by atoms with Crippen molar-refractivity contribution in [2.45, 2.75) is 30.8 Å². The van der Waals surface area contributed by atoms with Gasteiger partial charge in [0.25, 0.3) is 0 Å². The van der Waals surface area contributed by atoms with Crippen molar-refractivity contribution in [1.29, 1.82) is 0 Å². The first-order valence-electron chi connectivity index (χ1n) is 9.24. The molecular formula is C20H20N4O3S2. The van der Waals surface area contributed by atoms with Gasteiger partial charge < -0.3 is 15.8 Å². The number of methoxy groups -OCH3 is 1. The van der Waals surface area contributed by atoms with E-state index < -0.39 is 5.97 Å². The quantitative estimate of drug-likeness (QED) is 0.363. The maximum absolute atomic E-state index is 12.3. The van der Waals surface area contributed by atoms with Crippen molar-refractivity contribution in [3.05, 3.63) is 40.3 Å². The molecule has 3 N–H and O–H groups in total. The summed E-state index contributed by atoms with van der Waals surface area (Å²) in [5.41, 5.74) is 8.42. The number of carbonyl (C=O) groups is 2. The van der Waals surface area contributed by atoms with Crippen molar-refractivity contribution in [3.63, 3.8) is 0 Å². The third-order valence-corrected chi connectivity index (χ3v) is 6.75. The topological polar surface area (TPSA) is 107 Å². The highest BCUT2D eigenvalue weighted by Gasteiger charge is 2.20. The monoisotopic (exact) mass is 428 g/mol. The number of nitrogens with two attached hydrogens (primary N) is 1. The number of hydrogen-bond donors (Lipinski definition) is 2. The fraction of sp³-hybridized carbons (Fsp3) is 0.300. The summed E-state index contributed by atoms with van der Waals surface area (Å²) in [6.07, 6.45) is 4.48. The van der Waals surface area contributed by atoms with Gasteiger partial charge in [0.15, 0.2) is 5.16 Å². The van der Waals surface area contributed by atoms with Gasteiger partial charge in [-0.3, -0.25) is 4.79 Å². The van der Waals surface area contributed by atoms with Gasteiger partial charge in [-0.1, -0.05) is 17.8 Å². The maximum atomic E-state index is 12.3. The van der Waals surface area contributed by atoms with Gasteiger partial charge in [0.05, 0.1) is 23.8 Å². The first kappa shape index (κ1) is 19.7. The molecule has 0 atom stereocenters. The molecule has 29 heavy (non-hydrogen) atoms. The molecule has 0 unspecified atom stereocenters. The van der Waals surface area contributed by atoms with Crippen LogP contribution in [0.3, 0.4) is 0 Å². The number of rotatable bonds is 5. The predicted molar refractivity (Wildman–Crippen MR) is 116 cm³/mol. The number of anilines is 2. The van der Waals surface area contributed by atoms with Gasteiger partial charge in [-0.25, -0.2) is 14.8 Å². The lowest BCUT2D eigenvalue weighted by Crippen LogP contribution is -2.15. The van der Waals surface area contributed by atoms with E-state index in [-0.39, 0.29) is 11.7 Å². The molecule has 4 rings (SSSR count). The van der Waals surface area contributed by atoms with Crippen LogP contribution >= 0.6 is 23.1 Å². The number of carbonyl (C=O) groups excluding carboxylic acids is 2. The Labute approximate surface area is 176 Å². The van der Waals surface area contributed by atoms with Crippen LogP contribution in [0, 0.1) is 0 Å². The number of esters is 1. The summed E-state index contributed by atoms with van der Waals surface area (Å²) < 4.78 is 4.69. The molecule has 0 spiro atoms. The Morgan fingerprint density at radius 1 is 1.28 bits per heavy atom. The van der Waals surface area contributed by atoms with E-state index in [0.29, 0.717) is 22.2 Å². The fourth-order valence-electron chi connectivity index (χ4n) is 3.40. The second-order valence-electron chi connectivity index (χ2n) is 6.69. The van der Waals surface area contributed by atoms with E-state index in [2.05, 4.69) is 15.3 Å². The molecule has 9 heteroatoms. The molecule has 7 nitrogen and oxygen atoms in total. The van der Waals surface area contributed by atoms with Gasteiger partial charge in [0, 0.05) is 10.6 Å². The highest BCUT2D eigenvalue weighted by molar-refractivity contribution is 7.99. The number of nitrogen functional groups attached to an aromatic ring is 1. The van der Waals surface area contributed by atoms with Crippen molar-refractivity contribution < 1.29 is 14.3 Å². The average molecular weight is 429 g/mol. The molecule has 0 bridgehead atoms. The van der Waals surface area contributed by atoms with Gasteiger partial charge >= 0.3 is 5.97 Å². The molecule has 0 saturated carbocycles. The van der Waals surface area contributed by atoms with Crippen molar-refractivity contribution >= 4 is 56.7 Å². The van der Waals surface area contributed by atoms with Crippen LogP contribution in [0.15, 0.2) is 29.4 Å². The number of thiophene rings is 1. The van der Waals surface area contributed by atoms with Gasteiger partial charge in [-0.15, -0.1) is 11.3 Å². The molecule has 3 aromatic rings. The number of thioether (sulfide) groups is 1. The van der Waals surface area contributed by atoms with Crippen molar-refractivity contribution in [2.24, 2.45) is 0 Å². The first-order chi connectivity index (χ1) is 14.0. The molecule has 0 aliphatic heterocycles. The summed E-state index contributed by atoms with van der Waals surface area (Å²) in [6, 6.07) is 6.60. The minimum atomic E-state index is -0.453. The van der Waals surface area contributed by atoms with Gasteiger partial charge in [0.1, 0.15) is 10.6 Å². The third-order valence-electron chi connectivity index (χ3n) is 4.72. The number of benzene rings is 1. The van der Waals surface area contributed by atoms with Crippen LogP contribution in [-0.4, -0.2) is 34.7 Å². The van der Waals surface area contributed by atoms with E-state index >= 15 is 0 Å². The van der Waals surface area contributed by atoms with Crippen molar-refractivity contribution in [1.82, 2.24) is 9.97 Å². The van der Waals surface area contributed by atoms with E-state index in [1.54, 1.807) is 35.6 Å². The number of aryl methyl sites for hydroxylation is 2. The summed E-state index contributed by atoms with van der Waals surface area (Å²) in [5.74, 6) is -0.0440. The average Bonchev–Trinajstić information content (AvgIpc) is 3.10. The van der Waals surface area contributed by atoms with Crippen molar-refractivity contribution in [3.8, 4) is 0 Å².